The average Bonchev–Trinajstić information content (AvgIpc) is 3.29. The lowest BCUT2D eigenvalue weighted by Crippen LogP contribution is -2.39. The number of piperidine rings is 1. The Bertz CT molecular complexity index is 1280. The molecule has 0 radical (unpaired) electrons. The van der Waals surface area contributed by atoms with Gasteiger partial charge in [-0.3, -0.25) is 4.79 Å². The third-order valence-electron chi connectivity index (χ3n) is 5.44. The fourth-order valence-electron chi connectivity index (χ4n) is 3.76. The standard InChI is InChI=1S/C21H24N6O5S/c1-13-17(10-22-12-23-13)21-26-25-20(32-21)15-5-4-8-27(11-15)33(29,30)16-6-7-19(31-3)18(9-16)24-14(2)28/h6-7,9-10,12,15H,4-5,8,11H2,1-3H3,(H,24,28)/t15-/m1/s1. The first-order valence-corrected chi connectivity index (χ1v) is 11.8. The number of ether oxygens (including phenoxy) is 1. The van der Waals surface area contributed by atoms with Gasteiger partial charge in [-0.2, -0.15) is 4.31 Å². The number of aromatic nitrogens is 4. The first-order valence-electron chi connectivity index (χ1n) is 10.4. The highest BCUT2D eigenvalue weighted by Gasteiger charge is 2.34. The first kappa shape index (κ1) is 22.8. The molecule has 1 aliphatic heterocycles. The molecule has 1 saturated heterocycles. The Kier molecular flexibility index (Phi) is 6.38. The van der Waals surface area contributed by atoms with Gasteiger partial charge in [-0.15, -0.1) is 10.2 Å². The summed E-state index contributed by atoms with van der Waals surface area (Å²) in [5.74, 6) is 0.485. The quantitative estimate of drug-likeness (QED) is 0.572. The maximum absolute atomic E-state index is 13.4. The Labute approximate surface area is 191 Å². The number of hydrogen-bond donors (Lipinski definition) is 1. The van der Waals surface area contributed by atoms with Crippen molar-refractivity contribution in [3.05, 3.63) is 42.3 Å². The summed E-state index contributed by atoms with van der Waals surface area (Å²) in [5.41, 5.74) is 1.64. The molecule has 174 valence electrons. The minimum absolute atomic E-state index is 0.0657. The molecular weight excluding hydrogens is 448 g/mol. The number of benzene rings is 1. The number of nitrogens with one attached hydrogen (secondary N) is 1. The highest BCUT2D eigenvalue weighted by molar-refractivity contribution is 7.89. The number of rotatable bonds is 6. The van der Waals surface area contributed by atoms with Gasteiger partial charge in [0.05, 0.1) is 34.9 Å². The van der Waals surface area contributed by atoms with Gasteiger partial charge in [0.1, 0.15) is 12.1 Å². The smallest absolute Gasteiger partial charge is 0.251 e. The fourth-order valence-corrected chi connectivity index (χ4v) is 5.31. The molecule has 0 unspecified atom stereocenters. The van der Waals surface area contributed by atoms with Gasteiger partial charge in [-0.1, -0.05) is 0 Å². The number of aryl methyl sites for hydroxylation is 1. The van der Waals surface area contributed by atoms with E-state index in [-0.39, 0.29) is 23.3 Å². The van der Waals surface area contributed by atoms with Crippen LogP contribution in [0.15, 0.2) is 40.0 Å². The van der Waals surface area contributed by atoms with Crippen LogP contribution >= 0.6 is 0 Å². The van der Waals surface area contributed by atoms with Crippen molar-refractivity contribution < 1.29 is 22.4 Å². The summed E-state index contributed by atoms with van der Waals surface area (Å²) < 4.78 is 39.2. The molecule has 1 amide bonds. The lowest BCUT2D eigenvalue weighted by atomic mass is 10.00. The predicted molar refractivity (Wildman–Crippen MR) is 118 cm³/mol. The molecule has 3 aromatic rings. The van der Waals surface area contributed by atoms with E-state index in [0.717, 1.165) is 6.42 Å². The third kappa shape index (κ3) is 4.71. The number of amides is 1. The van der Waals surface area contributed by atoms with Gasteiger partial charge in [0.2, 0.25) is 21.8 Å². The first-order chi connectivity index (χ1) is 15.8. The lowest BCUT2D eigenvalue weighted by molar-refractivity contribution is -0.114. The van der Waals surface area contributed by atoms with Crippen molar-refractivity contribution >= 4 is 21.6 Å². The van der Waals surface area contributed by atoms with Gasteiger partial charge in [-0.05, 0) is 38.0 Å². The Morgan fingerprint density at radius 2 is 2.12 bits per heavy atom. The van der Waals surface area contributed by atoms with Crippen LogP contribution in [0.3, 0.4) is 0 Å². The molecule has 1 atom stereocenters. The topological polar surface area (TPSA) is 140 Å². The van der Waals surface area contributed by atoms with E-state index in [4.69, 9.17) is 9.15 Å². The third-order valence-corrected chi connectivity index (χ3v) is 7.30. The van der Waals surface area contributed by atoms with E-state index in [1.165, 1.54) is 42.9 Å². The minimum atomic E-state index is -3.82. The second-order valence-corrected chi connectivity index (χ2v) is 9.65. The fraction of sp³-hybridized carbons (Fsp3) is 0.381. The summed E-state index contributed by atoms with van der Waals surface area (Å²) in [5, 5.41) is 10.9. The second-order valence-electron chi connectivity index (χ2n) is 7.71. The summed E-state index contributed by atoms with van der Waals surface area (Å²) in [4.78, 5) is 19.7. The summed E-state index contributed by atoms with van der Waals surface area (Å²) in [6.07, 6.45) is 4.41. The molecule has 12 heteroatoms. The van der Waals surface area contributed by atoms with Crippen molar-refractivity contribution in [2.45, 2.75) is 37.5 Å². The molecule has 0 saturated carbocycles. The molecule has 0 aliphatic carbocycles. The van der Waals surface area contributed by atoms with E-state index in [9.17, 15) is 13.2 Å². The van der Waals surface area contributed by atoms with Crippen LogP contribution in [0.4, 0.5) is 5.69 Å². The normalized spacial score (nSPS) is 17.0. The number of carbonyl (C=O) groups is 1. The van der Waals surface area contributed by atoms with E-state index < -0.39 is 10.0 Å². The largest absolute Gasteiger partial charge is 0.495 e. The van der Waals surface area contributed by atoms with Crippen LogP contribution in [0.5, 0.6) is 5.75 Å². The van der Waals surface area contributed by atoms with Crippen molar-refractivity contribution in [1.82, 2.24) is 24.5 Å². The number of anilines is 1. The maximum Gasteiger partial charge on any atom is 0.251 e. The predicted octanol–water partition coefficient (Wildman–Crippen LogP) is 2.37. The number of methoxy groups -OCH3 is 1. The summed E-state index contributed by atoms with van der Waals surface area (Å²) in [7, 11) is -2.37. The molecule has 3 heterocycles. The molecule has 1 fully saturated rings. The molecule has 4 rings (SSSR count). The van der Waals surface area contributed by atoms with Gasteiger partial charge in [0.15, 0.2) is 0 Å². The molecule has 33 heavy (non-hydrogen) atoms. The Morgan fingerprint density at radius 1 is 1.30 bits per heavy atom. The van der Waals surface area contributed by atoms with E-state index >= 15 is 0 Å². The molecule has 1 aliphatic rings. The summed E-state index contributed by atoms with van der Waals surface area (Å²) in [6.45, 7) is 3.74. The monoisotopic (exact) mass is 472 g/mol. The van der Waals surface area contributed by atoms with Crippen LogP contribution < -0.4 is 10.1 Å². The van der Waals surface area contributed by atoms with Crippen LogP contribution in [0, 0.1) is 6.92 Å². The number of hydrogen-bond acceptors (Lipinski definition) is 9. The van der Waals surface area contributed by atoms with Crippen molar-refractivity contribution in [1.29, 1.82) is 0 Å². The van der Waals surface area contributed by atoms with Crippen LogP contribution in [0.25, 0.3) is 11.5 Å². The zero-order valence-electron chi connectivity index (χ0n) is 18.5. The van der Waals surface area contributed by atoms with Gasteiger partial charge in [0.25, 0.3) is 5.89 Å². The molecular formula is C21H24N6O5S. The average molecular weight is 473 g/mol. The Morgan fingerprint density at radius 3 is 2.85 bits per heavy atom. The van der Waals surface area contributed by atoms with E-state index in [2.05, 4.69) is 25.5 Å². The van der Waals surface area contributed by atoms with Crippen molar-refractivity contribution in [2.75, 3.05) is 25.5 Å². The molecule has 11 nitrogen and oxygen atoms in total. The van der Waals surface area contributed by atoms with Gasteiger partial charge in [0, 0.05) is 26.2 Å². The molecule has 1 N–H and O–H groups in total. The Balaban J connectivity index is 1.57. The highest BCUT2D eigenvalue weighted by Crippen LogP contribution is 2.33. The van der Waals surface area contributed by atoms with Crippen LogP contribution in [0.1, 0.15) is 37.3 Å². The maximum atomic E-state index is 13.4. The molecule has 1 aromatic carbocycles. The van der Waals surface area contributed by atoms with Crippen molar-refractivity contribution in [3.63, 3.8) is 0 Å². The molecule has 0 spiro atoms. The second kappa shape index (κ2) is 9.24. The van der Waals surface area contributed by atoms with Gasteiger partial charge in [-0.25, -0.2) is 18.4 Å². The lowest BCUT2D eigenvalue weighted by Gasteiger charge is -2.30. The zero-order valence-corrected chi connectivity index (χ0v) is 19.3. The van der Waals surface area contributed by atoms with Crippen molar-refractivity contribution in [2.24, 2.45) is 0 Å². The van der Waals surface area contributed by atoms with E-state index in [1.807, 2.05) is 6.92 Å². The van der Waals surface area contributed by atoms with Crippen LogP contribution in [-0.4, -0.2) is 59.0 Å². The van der Waals surface area contributed by atoms with E-state index in [0.29, 0.717) is 47.4 Å². The highest BCUT2D eigenvalue weighted by atomic mass is 32.2. The zero-order chi connectivity index (χ0) is 23.6. The van der Waals surface area contributed by atoms with Crippen molar-refractivity contribution in [3.8, 4) is 17.2 Å². The number of sulfonamides is 1. The van der Waals surface area contributed by atoms with Crippen LogP contribution in [-0.2, 0) is 14.8 Å². The number of nitrogens with zero attached hydrogens (tertiary/aromatic N) is 5. The van der Waals surface area contributed by atoms with Gasteiger partial charge >= 0.3 is 0 Å². The number of carbonyl (C=O) groups excluding carboxylic acids is 1. The SMILES string of the molecule is COc1ccc(S(=O)(=O)N2CCC[C@@H](c3nnc(-c4cncnc4C)o3)C2)cc1NC(C)=O. The molecule has 2 aromatic heterocycles. The van der Waals surface area contributed by atoms with E-state index in [1.54, 1.807) is 6.20 Å². The summed E-state index contributed by atoms with van der Waals surface area (Å²) in [6, 6.07) is 4.39. The van der Waals surface area contributed by atoms with Crippen LogP contribution in [0.2, 0.25) is 0 Å². The Hall–Kier alpha value is -3.38. The molecule has 0 bridgehead atoms. The summed E-state index contributed by atoms with van der Waals surface area (Å²) >= 11 is 0. The van der Waals surface area contributed by atoms with Gasteiger partial charge < -0.3 is 14.5 Å². The minimum Gasteiger partial charge on any atom is -0.495 e.